The zero-order valence-corrected chi connectivity index (χ0v) is 20.2. The molecular formula is C25H31F4N5O. The highest BCUT2D eigenvalue weighted by Gasteiger charge is 2.39. The maximum absolute atomic E-state index is 14.0. The molecule has 1 amide bonds. The molecule has 0 aliphatic carbocycles. The van der Waals surface area contributed by atoms with Gasteiger partial charge in [-0.15, -0.1) is 0 Å². The van der Waals surface area contributed by atoms with Crippen LogP contribution in [0, 0.1) is 18.8 Å². The van der Waals surface area contributed by atoms with Gasteiger partial charge in [0.1, 0.15) is 18.2 Å². The molecule has 35 heavy (non-hydrogen) atoms. The summed E-state index contributed by atoms with van der Waals surface area (Å²) >= 11 is 0. The molecule has 1 N–H and O–H groups in total. The Bertz CT molecular complexity index is 1080. The Kier molecular flexibility index (Phi) is 7.19. The van der Waals surface area contributed by atoms with Gasteiger partial charge in [0, 0.05) is 30.9 Å². The molecule has 10 heteroatoms. The molecule has 0 bridgehead atoms. The van der Waals surface area contributed by atoms with E-state index in [0.29, 0.717) is 55.1 Å². The molecule has 4 rings (SSSR count). The third-order valence-corrected chi connectivity index (χ3v) is 7.16. The van der Waals surface area contributed by atoms with E-state index < -0.39 is 23.7 Å². The molecule has 3 atom stereocenters. The van der Waals surface area contributed by atoms with Gasteiger partial charge in [-0.05, 0) is 62.3 Å². The lowest BCUT2D eigenvalue weighted by atomic mass is 9.89. The number of hydrogen-bond acceptors (Lipinski definition) is 5. The Hall–Kier alpha value is -2.91. The third-order valence-electron chi connectivity index (χ3n) is 7.16. The second-order valence-corrected chi connectivity index (χ2v) is 9.53. The molecule has 6 nitrogen and oxygen atoms in total. The minimum atomic E-state index is -4.45. The number of carbonyl (C=O) groups excluding carboxylic acids is 1. The highest BCUT2D eigenvalue weighted by Crippen LogP contribution is 2.34. The van der Waals surface area contributed by atoms with E-state index in [9.17, 15) is 22.4 Å². The van der Waals surface area contributed by atoms with E-state index >= 15 is 0 Å². The summed E-state index contributed by atoms with van der Waals surface area (Å²) in [5, 5.41) is 3.09. The van der Waals surface area contributed by atoms with Crippen molar-refractivity contribution in [1.82, 2.24) is 14.9 Å². The minimum absolute atomic E-state index is 0.106. The molecule has 0 unspecified atom stereocenters. The van der Waals surface area contributed by atoms with E-state index in [4.69, 9.17) is 0 Å². The normalized spacial score (nSPS) is 23.5. The van der Waals surface area contributed by atoms with Crippen LogP contribution in [0.15, 0.2) is 24.5 Å². The van der Waals surface area contributed by atoms with Crippen molar-refractivity contribution >= 4 is 17.4 Å². The second kappa shape index (κ2) is 9.99. The van der Waals surface area contributed by atoms with Crippen molar-refractivity contribution in [1.29, 1.82) is 0 Å². The van der Waals surface area contributed by atoms with Gasteiger partial charge in [0.25, 0.3) is 0 Å². The van der Waals surface area contributed by atoms with Gasteiger partial charge in [-0.25, -0.2) is 9.97 Å². The van der Waals surface area contributed by atoms with E-state index in [1.165, 1.54) is 6.33 Å². The smallest absolute Gasteiger partial charge is 0.374 e. The lowest BCUT2D eigenvalue weighted by Crippen LogP contribution is -2.59. The summed E-state index contributed by atoms with van der Waals surface area (Å²) in [6, 6.07) is 3.20. The highest BCUT2D eigenvalue weighted by atomic mass is 19.4. The number of hydrogen-bond donors (Lipinski definition) is 1. The summed E-state index contributed by atoms with van der Waals surface area (Å²) < 4.78 is 54.1. The zero-order valence-electron chi connectivity index (χ0n) is 20.2. The van der Waals surface area contributed by atoms with Crippen LogP contribution in [0.4, 0.5) is 29.1 Å². The molecule has 2 saturated heterocycles. The Morgan fingerprint density at radius 1 is 1.14 bits per heavy atom. The maximum atomic E-state index is 14.0. The number of rotatable bonds is 5. The Morgan fingerprint density at radius 3 is 2.63 bits per heavy atom. The van der Waals surface area contributed by atoms with E-state index in [2.05, 4.69) is 22.2 Å². The van der Waals surface area contributed by atoms with Gasteiger partial charge < -0.3 is 15.1 Å². The number of benzene rings is 1. The third kappa shape index (κ3) is 5.36. The van der Waals surface area contributed by atoms with Crippen molar-refractivity contribution in [2.24, 2.45) is 5.92 Å². The quantitative estimate of drug-likeness (QED) is 0.478. The largest absolute Gasteiger partial charge is 0.416 e. The van der Waals surface area contributed by atoms with Crippen LogP contribution in [0.1, 0.15) is 49.8 Å². The van der Waals surface area contributed by atoms with Crippen molar-refractivity contribution in [3.05, 3.63) is 47.2 Å². The first-order valence-electron chi connectivity index (χ1n) is 12.1. The van der Waals surface area contributed by atoms with E-state index in [1.54, 1.807) is 19.9 Å². The lowest BCUT2D eigenvalue weighted by molar-refractivity contribution is -0.138. The molecular weight excluding hydrogens is 462 g/mol. The van der Waals surface area contributed by atoms with Crippen molar-refractivity contribution in [3.8, 4) is 0 Å². The van der Waals surface area contributed by atoms with Gasteiger partial charge in [-0.2, -0.15) is 17.6 Å². The first-order chi connectivity index (χ1) is 16.6. The van der Waals surface area contributed by atoms with Crippen LogP contribution in [-0.2, 0) is 17.4 Å². The van der Waals surface area contributed by atoms with Gasteiger partial charge >= 0.3 is 6.18 Å². The topological polar surface area (TPSA) is 61.4 Å². The molecule has 2 fully saturated rings. The summed E-state index contributed by atoms with van der Waals surface area (Å²) in [5.74, 6) is 0.0813. The van der Waals surface area contributed by atoms with Gasteiger partial charge in [0.2, 0.25) is 11.9 Å². The van der Waals surface area contributed by atoms with Crippen molar-refractivity contribution in [2.45, 2.75) is 64.7 Å². The van der Waals surface area contributed by atoms with Crippen LogP contribution in [0.5, 0.6) is 0 Å². The summed E-state index contributed by atoms with van der Waals surface area (Å²) in [6.07, 6.45) is -0.686. The van der Waals surface area contributed by atoms with E-state index in [0.717, 1.165) is 25.0 Å². The van der Waals surface area contributed by atoms with Gasteiger partial charge in [0.05, 0.1) is 11.6 Å². The number of amides is 1. The van der Waals surface area contributed by atoms with Crippen LogP contribution in [0.2, 0.25) is 0 Å². The Balaban J connectivity index is 1.53. The molecule has 0 radical (unpaired) electrons. The fraction of sp³-hybridized carbons (Fsp3) is 0.560. The molecule has 0 spiro atoms. The highest BCUT2D eigenvalue weighted by molar-refractivity contribution is 5.86. The molecule has 190 valence electrons. The van der Waals surface area contributed by atoms with Gasteiger partial charge in [-0.1, -0.05) is 13.8 Å². The SMILES string of the molecule is CCc1cc(N[C@@H]2CCCN([C@H]3CN(c4ncnc(F)c4C)CC[C@@H]3C)C2=O)cc(C(F)(F)F)c1. The summed E-state index contributed by atoms with van der Waals surface area (Å²) in [5.41, 5.74) is 0.527. The molecule has 0 saturated carbocycles. The lowest BCUT2D eigenvalue weighted by Gasteiger charge is -2.46. The minimum Gasteiger partial charge on any atom is -0.374 e. The fourth-order valence-corrected chi connectivity index (χ4v) is 5.09. The van der Waals surface area contributed by atoms with Crippen LogP contribution >= 0.6 is 0 Å². The molecule has 2 aliphatic heterocycles. The number of aromatic nitrogens is 2. The number of likely N-dealkylation sites (tertiary alicyclic amines) is 1. The number of nitrogens with zero attached hydrogens (tertiary/aromatic N) is 4. The fourth-order valence-electron chi connectivity index (χ4n) is 5.09. The van der Waals surface area contributed by atoms with Crippen LogP contribution < -0.4 is 10.2 Å². The standard InChI is InChI=1S/C25H31F4N5O/c1-4-17-10-18(25(27,28)29)12-19(11-17)32-20-6-5-8-34(24(20)35)21-13-33(9-7-15(21)2)23-16(3)22(26)30-14-31-23/h10-12,14-15,20-21,32H,4-9,13H2,1-3H3/t15-,20+,21-/m0/s1. The molecule has 1 aromatic heterocycles. The van der Waals surface area contributed by atoms with Crippen LogP contribution in [-0.4, -0.2) is 52.5 Å². The van der Waals surface area contributed by atoms with Crippen molar-refractivity contribution < 1.29 is 22.4 Å². The number of aryl methyl sites for hydroxylation is 1. The maximum Gasteiger partial charge on any atom is 0.416 e. The second-order valence-electron chi connectivity index (χ2n) is 9.53. The molecule has 1 aromatic carbocycles. The van der Waals surface area contributed by atoms with Gasteiger partial charge in [0.15, 0.2) is 0 Å². The number of anilines is 2. The number of halogens is 4. The summed E-state index contributed by atoms with van der Waals surface area (Å²) in [6.45, 7) is 7.33. The van der Waals surface area contributed by atoms with E-state index in [1.807, 2.05) is 9.80 Å². The number of piperidine rings is 2. The van der Waals surface area contributed by atoms with Crippen LogP contribution in [0.3, 0.4) is 0 Å². The van der Waals surface area contributed by atoms with E-state index in [-0.39, 0.29) is 17.9 Å². The first kappa shape index (κ1) is 25.2. The van der Waals surface area contributed by atoms with Crippen molar-refractivity contribution in [3.63, 3.8) is 0 Å². The molecule has 2 aliphatic rings. The number of nitrogens with one attached hydrogen (secondary N) is 1. The summed E-state index contributed by atoms with van der Waals surface area (Å²) in [4.78, 5) is 25.2. The number of carbonyl (C=O) groups is 1. The van der Waals surface area contributed by atoms with Gasteiger partial charge in [-0.3, -0.25) is 4.79 Å². The average molecular weight is 494 g/mol. The molecule has 2 aromatic rings. The molecule has 3 heterocycles. The Labute approximate surface area is 202 Å². The zero-order chi connectivity index (χ0) is 25.3. The predicted molar refractivity (Wildman–Crippen MR) is 126 cm³/mol. The summed E-state index contributed by atoms with van der Waals surface area (Å²) in [7, 11) is 0. The monoisotopic (exact) mass is 493 g/mol. The first-order valence-corrected chi connectivity index (χ1v) is 12.1. The number of alkyl halides is 3. The Morgan fingerprint density at radius 2 is 1.91 bits per heavy atom. The predicted octanol–water partition coefficient (Wildman–Crippen LogP) is 4.82. The van der Waals surface area contributed by atoms with Crippen LogP contribution in [0.25, 0.3) is 0 Å². The average Bonchev–Trinajstić information content (AvgIpc) is 2.82. The van der Waals surface area contributed by atoms with Crippen molar-refractivity contribution in [2.75, 3.05) is 29.9 Å².